The van der Waals surface area contributed by atoms with E-state index < -0.39 is 12.0 Å². The van der Waals surface area contributed by atoms with E-state index in [1.807, 2.05) is 0 Å². The van der Waals surface area contributed by atoms with Gasteiger partial charge in [-0.15, -0.1) is 0 Å². The Morgan fingerprint density at radius 3 is 2.50 bits per heavy atom. The summed E-state index contributed by atoms with van der Waals surface area (Å²) in [6.07, 6.45) is 0.375. The Morgan fingerprint density at radius 2 is 1.79 bits per heavy atom. The van der Waals surface area contributed by atoms with E-state index in [0.29, 0.717) is 28.5 Å². The smallest absolute Gasteiger partial charge is 0.337 e. The minimum Gasteiger partial charge on any atom is -0.465 e. The molecule has 2 aromatic carbocycles. The number of esters is 1. The molecule has 0 saturated heterocycles. The Bertz CT molecular complexity index is 1050. The molecule has 1 heterocycles. The fraction of sp³-hybridized carbons (Fsp3) is 0.158. The van der Waals surface area contributed by atoms with Gasteiger partial charge in [-0.05, 0) is 36.4 Å². The van der Waals surface area contributed by atoms with Gasteiger partial charge in [0.25, 0.3) is 0 Å². The molecular formula is C19H18N4O4S. The van der Waals surface area contributed by atoms with Crippen LogP contribution in [-0.2, 0) is 9.53 Å². The summed E-state index contributed by atoms with van der Waals surface area (Å²) >= 11 is 1.33. The molecule has 0 spiro atoms. The number of ether oxygens (including phenoxy) is 1. The summed E-state index contributed by atoms with van der Waals surface area (Å²) in [5.41, 5.74) is 2.11. The van der Waals surface area contributed by atoms with E-state index in [0.717, 1.165) is 10.2 Å². The zero-order chi connectivity index (χ0) is 20.1. The number of aromatic nitrogens is 1. The van der Waals surface area contributed by atoms with Crippen molar-refractivity contribution in [2.45, 2.75) is 13.3 Å². The molecule has 0 bridgehead atoms. The molecule has 0 fully saturated rings. The first-order valence-corrected chi connectivity index (χ1v) is 9.27. The molecule has 28 heavy (non-hydrogen) atoms. The lowest BCUT2D eigenvalue weighted by Gasteiger charge is -2.08. The lowest BCUT2D eigenvalue weighted by molar-refractivity contribution is -0.115. The molecule has 3 rings (SSSR count). The number of nitrogens with zero attached hydrogens (tertiary/aromatic N) is 1. The average Bonchev–Trinajstić information content (AvgIpc) is 3.08. The number of anilines is 3. The van der Waals surface area contributed by atoms with Gasteiger partial charge in [0, 0.05) is 17.8 Å². The van der Waals surface area contributed by atoms with Crippen LogP contribution in [-0.4, -0.2) is 30.0 Å². The third kappa shape index (κ3) is 4.63. The van der Waals surface area contributed by atoms with Gasteiger partial charge in [-0.25, -0.2) is 14.6 Å². The van der Waals surface area contributed by atoms with Gasteiger partial charge < -0.3 is 20.7 Å². The van der Waals surface area contributed by atoms with E-state index in [-0.39, 0.29) is 5.91 Å². The number of methoxy groups -OCH3 is 1. The number of urea groups is 1. The van der Waals surface area contributed by atoms with Gasteiger partial charge in [-0.3, -0.25) is 4.79 Å². The third-order valence-corrected chi connectivity index (χ3v) is 4.69. The van der Waals surface area contributed by atoms with E-state index in [9.17, 15) is 14.4 Å². The van der Waals surface area contributed by atoms with Gasteiger partial charge in [-0.2, -0.15) is 0 Å². The number of fused-ring (bicyclic) bond motifs is 1. The number of thiazole rings is 1. The summed E-state index contributed by atoms with van der Waals surface area (Å²) in [4.78, 5) is 39.7. The van der Waals surface area contributed by atoms with Gasteiger partial charge in [-0.1, -0.05) is 24.3 Å². The molecule has 3 N–H and O–H groups in total. The van der Waals surface area contributed by atoms with Crippen LogP contribution in [0.4, 0.5) is 21.3 Å². The molecule has 0 aliphatic heterocycles. The Balaban J connectivity index is 1.69. The summed E-state index contributed by atoms with van der Waals surface area (Å²) in [7, 11) is 1.30. The highest BCUT2D eigenvalue weighted by Gasteiger charge is 2.10. The van der Waals surface area contributed by atoms with Gasteiger partial charge in [0.2, 0.25) is 5.91 Å². The van der Waals surface area contributed by atoms with Crippen molar-refractivity contribution in [2.75, 3.05) is 23.1 Å². The highest BCUT2D eigenvalue weighted by molar-refractivity contribution is 7.22. The van der Waals surface area contributed by atoms with Crippen LogP contribution in [0.1, 0.15) is 23.7 Å². The SMILES string of the molecule is CCC(=O)Nc1nc2ccc(NC(=O)Nc3cccc(C(=O)OC)c3)cc2s1. The standard InChI is InChI=1S/C19H18N4O4S/c1-3-16(24)23-19-22-14-8-7-13(10-15(14)28-19)21-18(26)20-12-6-4-5-11(9-12)17(25)27-2/h4-10H,3H2,1-2H3,(H2,20,21,26)(H,22,23,24). The summed E-state index contributed by atoms with van der Waals surface area (Å²) in [6.45, 7) is 1.77. The van der Waals surface area contributed by atoms with Crippen molar-refractivity contribution in [3.05, 3.63) is 48.0 Å². The monoisotopic (exact) mass is 398 g/mol. The van der Waals surface area contributed by atoms with Crippen molar-refractivity contribution in [3.63, 3.8) is 0 Å². The van der Waals surface area contributed by atoms with Crippen molar-refractivity contribution >= 4 is 56.0 Å². The zero-order valence-corrected chi connectivity index (χ0v) is 16.1. The van der Waals surface area contributed by atoms with Crippen LogP contribution in [0.15, 0.2) is 42.5 Å². The van der Waals surface area contributed by atoms with Crippen LogP contribution in [0, 0.1) is 0 Å². The highest BCUT2D eigenvalue weighted by Crippen LogP contribution is 2.28. The fourth-order valence-corrected chi connectivity index (χ4v) is 3.32. The molecule has 0 aliphatic rings. The maximum Gasteiger partial charge on any atom is 0.337 e. The van der Waals surface area contributed by atoms with Crippen LogP contribution in [0.2, 0.25) is 0 Å². The molecule has 8 nitrogen and oxygen atoms in total. The minimum atomic E-state index is -0.481. The van der Waals surface area contributed by atoms with Gasteiger partial charge >= 0.3 is 12.0 Å². The average molecular weight is 398 g/mol. The fourth-order valence-electron chi connectivity index (χ4n) is 2.40. The molecular weight excluding hydrogens is 380 g/mol. The second-order valence-electron chi connectivity index (χ2n) is 5.75. The maximum absolute atomic E-state index is 12.3. The van der Waals surface area contributed by atoms with Gasteiger partial charge in [0.15, 0.2) is 5.13 Å². The minimum absolute atomic E-state index is 0.106. The summed E-state index contributed by atoms with van der Waals surface area (Å²) in [5, 5.41) is 8.64. The molecule has 144 valence electrons. The molecule has 9 heteroatoms. The Labute approximate surface area is 164 Å². The Morgan fingerprint density at radius 1 is 1.04 bits per heavy atom. The second kappa shape index (κ2) is 8.49. The number of carbonyl (C=O) groups excluding carboxylic acids is 3. The molecule has 0 aliphatic carbocycles. The van der Waals surface area contributed by atoms with Gasteiger partial charge in [0.05, 0.1) is 22.9 Å². The summed E-state index contributed by atoms with van der Waals surface area (Å²) in [6, 6.07) is 11.3. The van der Waals surface area contributed by atoms with E-state index in [4.69, 9.17) is 0 Å². The predicted octanol–water partition coefficient (Wildman–Crippen LogP) is 4.08. The number of amides is 3. The molecule has 1 aromatic heterocycles. The van der Waals surface area contributed by atoms with Crippen LogP contribution in [0.3, 0.4) is 0 Å². The number of benzene rings is 2. The zero-order valence-electron chi connectivity index (χ0n) is 15.2. The van der Waals surface area contributed by atoms with Crippen LogP contribution >= 0.6 is 11.3 Å². The Kier molecular flexibility index (Phi) is 5.85. The number of hydrogen-bond donors (Lipinski definition) is 3. The summed E-state index contributed by atoms with van der Waals surface area (Å²) < 4.78 is 5.50. The first-order chi connectivity index (χ1) is 13.5. The summed E-state index contributed by atoms with van der Waals surface area (Å²) in [5.74, 6) is -0.586. The maximum atomic E-state index is 12.3. The van der Waals surface area contributed by atoms with Crippen LogP contribution in [0.25, 0.3) is 10.2 Å². The number of nitrogens with one attached hydrogen (secondary N) is 3. The molecule has 0 radical (unpaired) electrons. The molecule has 0 saturated carbocycles. The molecule has 3 amide bonds. The number of hydrogen-bond acceptors (Lipinski definition) is 6. The van der Waals surface area contributed by atoms with E-state index >= 15 is 0 Å². The van der Waals surface area contributed by atoms with Gasteiger partial charge in [0.1, 0.15) is 0 Å². The highest BCUT2D eigenvalue weighted by atomic mass is 32.1. The van der Waals surface area contributed by atoms with Crippen LogP contribution < -0.4 is 16.0 Å². The van der Waals surface area contributed by atoms with Crippen molar-refractivity contribution in [1.29, 1.82) is 0 Å². The Hall–Kier alpha value is -3.46. The predicted molar refractivity (Wildman–Crippen MR) is 109 cm³/mol. The number of carbonyl (C=O) groups is 3. The topological polar surface area (TPSA) is 109 Å². The van der Waals surface area contributed by atoms with Crippen molar-refractivity contribution in [1.82, 2.24) is 4.98 Å². The first kappa shape index (κ1) is 19.3. The van der Waals surface area contributed by atoms with E-state index in [1.165, 1.54) is 24.5 Å². The van der Waals surface area contributed by atoms with Crippen LogP contribution in [0.5, 0.6) is 0 Å². The van der Waals surface area contributed by atoms with E-state index in [1.54, 1.807) is 43.3 Å². The molecule has 0 unspecified atom stereocenters. The van der Waals surface area contributed by atoms with E-state index in [2.05, 4.69) is 25.7 Å². The lowest BCUT2D eigenvalue weighted by atomic mass is 10.2. The number of rotatable bonds is 5. The van der Waals surface area contributed by atoms with Crippen molar-refractivity contribution < 1.29 is 19.1 Å². The van der Waals surface area contributed by atoms with Crippen molar-refractivity contribution in [2.24, 2.45) is 0 Å². The quantitative estimate of drug-likeness (QED) is 0.561. The molecule has 0 atom stereocenters. The normalized spacial score (nSPS) is 10.4. The molecule has 3 aromatic rings. The lowest BCUT2D eigenvalue weighted by Crippen LogP contribution is -2.19. The first-order valence-electron chi connectivity index (χ1n) is 8.45. The largest absolute Gasteiger partial charge is 0.465 e. The van der Waals surface area contributed by atoms with Crippen molar-refractivity contribution in [3.8, 4) is 0 Å². The third-order valence-electron chi connectivity index (χ3n) is 3.76. The second-order valence-corrected chi connectivity index (χ2v) is 6.79.